The second kappa shape index (κ2) is 6.92. The van der Waals surface area contributed by atoms with Crippen LogP contribution in [0.3, 0.4) is 0 Å². The molecule has 0 saturated heterocycles. The third-order valence-corrected chi connectivity index (χ3v) is 7.89. The van der Waals surface area contributed by atoms with E-state index in [4.69, 9.17) is 4.74 Å². The van der Waals surface area contributed by atoms with Gasteiger partial charge in [-0.2, -0.15) is 0 Å². The standard InChI is InChI=1S/C31H24O2/c32-30(33-28-19-9-11-20-10-1-2-12-21(20)28)31-25-16-6-3-13-22(25)29(23-14-4-7-17-26(23)31)24-15-5-8-18-27(24)31/h3-9,11,13-19,29H,1-2,10,12H2. The largest absolute Gasteiger partial charge is 0.425 e. The molecule has 0 aromatic heterocycles. The van der Waals surface area contributed by atoms with E-state index in [1.54, 1.807) is 0 Å². The molecule has 2 bridgehead atoms. The number of benzene rings is 4. The molecule has 0 heterocycles. The first-order valence-electron chi connectivity index (χ1n) is 11.9. The summed E-state index contributed by atoms with van der Waals surface area (Å²) in [6, 6.07) is 31.5. The molecule has 4 aromatic rings. The van der Waals surface area contributed by atoms with Crippen molar-refractivity contribution in [2.75, 3.05) is 0 Å². The van der Waals surface area contributed by atoms with Crippen molar-refractivity contribution in [3.63, 3.8) is 0 Å². The normalized spacial score (nSPS) is 21.4. The Morgan fingerprint density at radius 2 is 1.21 bits per heavy atom. The van der Waals surface area contributed by atoms with Crippen LogP contribution in [0.4, 0.5) is 0 Å². The van der Waals surface area contributed by atoms with Gasteiger partial charge in [-0.05, 0) is 76.3 Å². The summed E-state index contributed by atoms with van der Waals surface area (Å²) in [6.07, 6.45) is 4.37. The summed E-state index contributed by atoms with van der Waals surface area (Å²) in [5, 5.41) is 0. The maximum atomic E-state index is 14.5. The highest BCUT2D eigenvalue weighted by atomic mass is 16.5. The van der Waals surface area contributed by atoms with E-state index in [1.807, 2.05) is 30.3 Å². The van der Waals surface area contributed by atoms with Crippen molar-refractivity contribution in [2.45, 2.75) is 37.0 Å². The fraction of sp³-hybridized carbons (Fsp3) is 0.194. The lowest BCUT2D eigenvalue weighted by Gasteiger charge is -2.48. The van der Waals surface area contributed by atoms with Crippen LogP contribution in [0.25, 0.3) is 0 Å². The molecule has 0 saturated carbocycles. The van der Waals surface area contributed by atoms with Gasteiger partial charge in [0.1, 0.15) is 11.2 Å². The van der Waals surface area contributed by atoms with Gasteiger partial charge in [-0.3, -0.25) is 0 Å². The third-order valence-electron chi connectivity index (χ3n) is 7.89. The number of rotatable bonds is 2. The summed E-state index contributed by atoms with van der Waals surface area (Å²) in [7, 11) is 0. The lowest BCUT2D eigenvalue weighted by atomic mass is 9.53. The van der Waals surface area contributed by atoms with Gasteiger partial charge in [-0.1, -0.05) is 84.9 Å². The number of fused-ring (bicyclic) bond motifs is 1. The molecule has 4 aliphatic rings. The Bertz CT molecular complexity index is 1310. The van der Waals surface area contributed by atoms with Crippen LogP contribution in [-0.2, 0) is 23.1 Å². The Morgan fingerprint density at radius 3 is 1.82 bits per heavy atom. The first kappa shape index (κ1) is 18.9. The maximum Gasteiger partial charge on any atom is 0.331 e. The molecule has 0 spiro atoms. The van der Waals surface area contributed by atoms with Gasteiger partial charge in [0, 0.05) is 5.92 Å². The molecular formula is C31H24O2. The van der Waals surface area contributed by atoms with E-state index in [0.717, 1.165) is 41.7 Å². The molecule has 160 valence electrons. The van der Waals surface area contributed by atoms with Crippen LogP contribution in [-0.4, -0.2) is 5.97 Å². The van der Waals surface area contributed by atoms with Gasteiger partial charge < -0.3 is 4.74 Å². The van der Waals surface area contributed by atoms with E-state index >= 15 is 0 Å². The molecule has 0 N–H and O–H groups in total. The maximum absolute atomic E-state index is 14.5. The number of esters is 1. The molecule has 8 rings (SSSR count). The van der Waals surface area contributed by atoms with E-state index in [9.17, 15) is 4.79 Å². The molecule has 0 unspecified atom stereocenters. The average Bonchev–Trinajstić information content (AvgIpc) is 2.88. The molecular weight excluding hydrogens is 404 g/mol. The number of hydrogen-bond donors (Lipinski definition) is 0. The second-order valence-corrected chi connectivity index (χ2v) is 9.44. The molecule has 33 heavy (non-hydrogen) atoms. The molecule has 4 aromatic carbocycles. The Labute approximate surface area is 193 Å². The highest BCUT2D eigenvalue weighted by Gasteiger charge is 2.57. The second-order valence-electron chi connectivity index (χ2n) is 9.44. The minimum absolute atomic E-state index is 0.146. The van der Waals surface area contributed by atoms with Crippen molar-refractivity contribution < 1.29 is 9.53 Å². The zero-order chi connectivity index (χ0) is 22.0. The lowest BCUT2D eigenvalue weighted by molar-refractivity contribution is -0.138. The van der Waals surface area contributed by atoms with E-state index in [-0.39, 0.29) is 11.9 Å². The summed E-state index contributed by atoms with van der Waals surface area (Å²) < 4.78 is 6.40. The fourth-order valence-corrected chi connectivity index (χ4v) is 6.56. The minimum atomic E-state index is -0.962. The van der Waals surface area contributed by atoms with E-state index < -0.39 is 5.41 Å². The van der Waals surface area contributed by atoms with Gasteiger partial charge in [0.2, 0.25) is 0 Å². The SMILES string of the molecule is O=C(Oc1cccc2c1CCCC2)C12c3ccccc3C(c3ccccc31)c1ccccc12. The third kappa shape index (κ3) is 2.41. The summed E-state index contributed by atoms with van der Waals surface area (Å²) >= 11 is 0. The number of hydrogen-bond acceptors (Lipinski definition) is 2. The van der Waals surface area contributed by atoms with Crippen LogP contribution >= 0.6 is 0 Å². The first-order chi connectivity index (χ1) is 16.3. The summed E-state index contributed by atoms with van der Waals surface area (Å²) in [6.45, 7) is 0. The van der Waals surface area contributed by atoms with Crippen molar-refractivity contribution in [1.82, 2.24) is 0 Å². The predicted octanol–water partition coefficient (Wildman–Crippen LogP) is 6.31. The topological polar surface area (TPSA) is 26.3 Å². The highest BCUT2D eigenvalue weighted by Crippen LogP contribution is 2.59. The zero-order valence-corrected chi connectivity index (χ0v) is 18.4. The van der Waals surface area contributed by atoms with Crippen molar-refractivity contribution in [3.05, 3.63) is 136 Å². The Hall–Kier alpha value is -3.65. The van der Waals surface area contributed by atoms with Gasteiger partial charge in [0.05, 0.1) is 0 Å². The molecule has 0 amide bonds. The van der Waals surface area contributed by atoms with E-state index in [0.29, 0.717) is 0 Å². The van der Waals surface area contributed by atoms with Gasteiger partial charge in [0.15, 0.2) is 0 Å². The molecule has 2 nitrogen and oxygen atoms in total. The average molecular weight is 429 g/mol. The van der Waals surface area contributed by atoms with Crippen LogP contribution in [0.2, 0.25) is 0 Å². The zero-order valence-electron chi connectivity index (χ0n) is 18.4. The van der Waals surface area contributed by atoms with Crippen molar-refractivity contribution in [3.8, 4) is 5.75 Å². The summed E-state index contributed by atoms with van der Waals surface area (Å²) in [5.74, 6) is 0.673. The van der Waals surface area contributed by atoms with E-state index in [1.165, 1.54) is 34.2 Å². The smallest absolute Gasteiger partial charge is 0.331 e. The molecule has 4 aliphatic carbocycles. The molecule has 0 fully saturated rings. The molecule has 0 aliphatic heterocycles. The van der Waals surface area contributed by atoms with Crippen molar-refractivity contribution in [1.29, 1.82) is 0 Å². The Kier molecular flexibility index (Phi) is 3.96. The number of carbonyl (C=O) groups is 1. The monoisotopic (exact) mass is 428 g/mol. The summed E-state index contributed by atoms with van der Waals surface area (Å²) in [5.41, 5.74) is 8.36. The van der Waals surface area contributed by atoms with Crippen LogP contribution in [0.15, 0.2) is 91.0 Å². The van der Waals surface area contributed by atoms with Crippen molar-refractivity contribution >= 4 is 5.97 Å². The van der Waals surface area contributed by atoms with Gasteiger partial charge in [0.25, 0.3) is 0 Å². The molecule has 0 atom stereocenters. The fourth-order valence-electron chi connectivity index (χ4n) is 6.56. The van der Waals surface area contributed by atoms with Crippen LogP contribution in [0.5, 0.6) is 5.75 Å². The first-order valence-corrected chi connectivity index (χ1v) is 11.9. The van der Waals surface area contributed by atoms with Crippen molar-refractivity contribution in [2.24, 2.45) is 0 Å². The predicted molar refractivity (Wildman–Crippen MR) is 129 cm³/mol. The van der Waals surface area contributed by atoms with E-state index in [2.05, 4.69) is 60.7 Å². The van der Waals surface area contributed by atoms with Gasteiger partial charge >= 0.3 is 5.97 Å². The molecule has 2 heteroatoms. The Balaban J connectivity index is 1.49. The quantitative estimate of drug-likeness (QED) is 0.276. The van der Waals surface area contributed by atoms with Crippen LogP contribution in [0, 0.1) is 0 Å². The van der Waals surface area contributed by atoms with Gasteiger partial charge in [-0.25, -0.2) is 4.79 Å². The number of ether oxygens (including phenoxy) is 1. The lowest BCUT2D eigenvalue weighted by Crippen LogP contribution is -2.49. The minimum Gasteiger partial charge on any atom is -0.425 e. The number of aryl methyl sites for hydroxylation is 1. The van der Waals surface area contributed by atoms with Crippen LogP contribution in [0.1, 0.15) is 63.3 Å². The Morgan fingerprint density at radius 1 is 0.667 bits per heavy atom. The highest BCUT2D eigenvalue weighted by molar-refractivity contribution is 5.98. The van der Waals surface area contributed by atoms with Gasteiger partial charge in [-0.15, -0.1) is 0 Å². The van der Waals surface area contributed by atoms with Crippen LogP contribution < -0.4 is 4.74 Å². The summed E-state index contributed by atoms with van der Waals surface area (Å²) in [4.78, 5) is 14.5. The molecule has 0 radical (unpaired) electrons. The number of carbonyl (C=O) groups excluding carboxylic acids is 1.